The molecule has 2 N–H and O–H groups in total. The number of nitrogens with one attached hydrogen (secondary N) is 2. The van der Waals surface area contributed by atoms with E-state index in [0.717, 1.165) is 0 Å². The van der Waals surface area contributed by atoms with Crippen LogP contribution in [0.15, 0.2) is 24.3 Å². The third-order valence-electron chi connectivity index (χ3n) is 4.95. The number of hydrogen-bond acceptors (Lipinski definition) is 6. The lowest BCUT2D eigenvalue weighted by molar-refractivity contribution is -0.127. The summed E-state index contributed by atoms with van der Waals surface area (Å²) < 4.78 is 10.6. The number of carbonyl (C=O) groups is 3. The number of benzene rings is 1. The summed E-state index contributed by atoms with van der Waals surface area (Å²) in [5.74, 6) is -0.0170. The largest absolute Gasteiger partial charge is 0.480 e. The molecule has 0 spiro atoms. The first-order valence-corrected chi connectivity index (χ1v) is 10.6. The van der Waals surface area contributed by atoms with E-state index in [9.17, 15) is 14.4 Å². The molecule has 0 saturated carbocycles. The van der Waals surface area contributed by atoms with Gasteiger partial charge in [0.15, 0.2) is 6.10 Å². The quantitative estimate of drug-likeness (QED) is 0.578. The first-order valence-electron chi connectivity index (χ1n) is 10.6. The first kappa shape index (κ1) is 24.0. The van der Waals surface area contributed by atoms with E-state index < -0.39 is 6.10 Å². The van der Waals surface area contributed by atoms with Gasteiger partial charge in [-0.3, -0.25) is 9.59 Å². The normalized spacial score (nSPS) is 14.8. The van der Waals surface area contributed by atoms with Crippen LogP contribution in [-0.4, -0.2) is 61.2 Å². The Morgan fingerprint density at radius 2 is 1.97 bits per heavy atom. The Morgan fingerprint density at radius 3 is 2.65 bits per heavy atom. The molecule has 0 radical (unpaired) electrons. The third kappa shape index (κ3) is 7.81. The summed E-state index contributed by atoms with van der Waals surface area (Å²) in [5, 5.41) is 14.8. The molecule has 9 heteroatoms. The van der Waals surface area contributed by atoms with Crippen LogP contribution >= 0.6 is 0 Å². The Balaban J connectivity index is 1.61. The van der Waals surface area contributed by atoms with Crippen LogP contribution in [0.2, 0.25) is 0 Å². The molecule has 1 fully saturated rings. The molecule has 168 valence electrons. The molecule has 1 heterocycles. The first-order chi connectivity index (χ1) is 14.9. The Hall–Kier alpha value is -3.28. The number of amides is 3. The van der Waals surface area contributed by atoms with Crippen molar-refractivity contribution < 1.29 is 23.9 Å². The average Bonchev–Trinajstić information content (AvgIpc) is 2.77. The molecule has 1 aromatic rings. The van der Waals surface area contributed by atoms with Crippen molar-refractivity contribution in [2.24, 2.45) is 0 Å². The minimum atomic E-state index is -0.757. The van der Waals surface area contributed by atoms with Crippen molar-refractivity contribution >= 4 is 17.9 Å². The topological polar surface area (TPSA) is 121 Å². The number of hydrogen-bond donors (Lipinski definition) is 2. The van der Waals surface area contributed by atoms with Gasteiger partial charge >= 0.3 is 6.09 Å². The molecular formula is C22H30N4O5. The fourth-order valence-electron chi connectivity index (χ4n) is 3.23. The van der Waals surface area contributed by atoms with Gasteiger partial charge < -0.3 is 25.0 Å². The third-order valence-corrected chi connectivity index (χ3v) is 4.95. The van der Waals surface area contributed by atoms with Crippen LogP contribution in [0.25, 0.3) is 0 Å². The van der Waals surface area contributed by atoms with E-state index in [1.807, 2.05) is 6.07 Å². The van der Waals surface area contributed by atoms with Gasteiger partial charge in [-0.25, -0.2) is 4.79 Å². The fourth-order valence-corrected chi connectivity index (χ4v) is 3.23. The lowest BCUT2D eigenvalue weighted by atomic mass is 10.1. The second kappa shape index (κ2) is 12.4. The molecule has 1 unspecified atom stereocenters. The monoisotopic (exact) mass is 430 g/mol. The summed E-state index contributed by atoms with van der Waals surface area (Å²) in [5.41, 5.74) is 0.368. The number of nitriles is 1. The van der Waals surface area contributed by atoms with Gasteiger partial charge in [0.1, 0.15) is 11.8 Å². The van der Waals surface area contributed by atoms with Crippen molar-refractivity contribution in [2.45, 2.75) is 51.7 Å². The lowest BCUT2D eigenvalue weighted by Crippen LogP contribution is -2.46. The van der Waals surface area contributed by atoms with Gasteiger partial charge in [-0.15, -0.1) is 0 Å². The summed E-state index contributed by atoms with van der Waals surface area (Å²) in [6.07, 6.45) is 1.12. The molecule has 0 bridgehead atoms. The molecule has 1 aliphatic rings. The molecule has 3 amide bonds. The highest BCUT2D eigenvalue weighted by Crippen LogP contribution is 2.18. The van der Waals surface area contributed by atoms with E-state index in [4.69, 9.17) is 14.7 Å². The predicted octanol–water partition coefficient (Wildman–Crippen LogP) is 1.96. The summed E-state index contributed by atoms with van der Waals surface area (Å²) in [6, 6.07) is 8.80. The number of likely N-dealkylation sites (tertiary alicyclic amines) is 1. The SMILES string of the molecule is CCOC(=O)N1CCC(NC(=O)CCCNC(=O)C(C)Oc2ccccc2C#N)CC1. The maximum Gasteiger partial charge on any atom is 0.409 e. The number of ether oxygens (including phenoxy) is 2. The van der Waals surface area contributed by atoms with Crippen molar-refractivity contribution in [3.63, 3.8) is 0 Å². The summed E-state index contributed by atoms with van der Waals surface area (Å²) in [7, 11) is 0. The van der Waals surface area contributed by atoms with Gasteiger partial charge in [-0.2, -0.15) is 5.26 Å². The minimum Gasteiger partial charge on any atom is -0.480 e. The van der Waals surface area contributed by atoms with Crippen LogP contribution in [0.1, 0.15) is 45.1 Å². The van der Waals surface area contributed by atoms with Gasteiger partial charge in [0, 0.05) is 32.1 Å². The molecule has 1 aromatic carbocycles. The zero-order valence-electron chi connectivity index (χ0n) is 18.1. The van der Waals surface area contributed by atoms with E-state index in [2.05, 4.69) is 10.6 Å². The van der Waals surface area contributed by atoms with Gasteiger partial charge in [-0.1, -0.05) is 12.1 Å². The molecule has 31 heavy (non-hydrogen) atoms. The summed E-state index contributed by atoms with van der Waals surface area (Å²) in [4.78, 5) is 37.7. The van der Waals surface area contributed by atoms with E-state index in [1.165, 1.54) is 0 Å². The summed E-state index contributed by atoms with van der Waals surface area (Å²) in [6.45, 7) is 5.21. The molecule has 1 saturated heterocycles. The van der Waals surface area contributed by atoms with Crippen molar-refractivity contribution in [1.82, 2.24) is 15.5 Å². The van der Waals surface area contributed by atoms with Gasteiger partial charge in [-0.05, 0) is 45.2 Å². The van der Waals surface area contributed by atoms with Crippen molar-refractivity contribution in [1.29, 1.82) is 5.26 Å². The second-order valence-corrected chi connectivity index (χ2v) is 7.29. The smallest absolute Gasteiger partial charge is 0.409 e. The Labute approximate surface area is 182 Å². The molecule has 0 aromatic heterocycles. The van der Waals surface area contributed by atoms with Crippen molar-refractivity contribution in [3.8, 4) is 11.8 Å². The Bertz CT molecular complexity index is 799. The lowest BCUT2D eigenvalue weighted by Gasteiger charge is -2.31. The molecule has 0 aliphatic carbocycles. The summed E-state index contributed by atoms with van der Waals surface area (Å²) >= 11 is 0. The standard InChI is InChI=1S/C22H30N4O5/c1-3-30-22(29)26-13-10-18(11-14-26)25-20(27)9-6-12-24-21(28)16(2)31-19-8-5-4-7-17(19)15-23/h4-5,7-8,16,18H,3,6,9-14H2,1-2H3,(H,24,28)(H,25,27). The Morgan fingerprint density at radius 1 is 1.26 bits per heavy atom. The highest BCUT2D eigenvalue weighted by Gasteiger charge is 2.24. The van der Waals surface area contributed by atoms with Gasteiger partial charge in [0.2, 0.25) is 5.91 Å². The molecule has 2 rings (SSSR count). The van der Waals surface area contributed by atoms with Crippen LogP contribution in [0.5, 0.6) is 5.75 Å². The number of piperidine rings is 1. The van der Waals surface area contributed by atoms with E-state index in [0.29, 0.717) is 63.2 Å². The number of nitrogens with zero attached hydrogens (tertiary/aromatic N) is 2. The van der Waals surface area contributed by atoms with Crippen LogP contribution in [0.4, 0.5) is 4.79 Å². The zero-order chi connectivity index (χ0) is 22.6. The van der Waals surface area contributed by atoms with E-state index >= 15 is 0 Å². The van der Waals surface area contributed by atoms with E-state index in [-0.39, 0.29) is 23.9 Å². The van der Waals surface area contributed by atoms with Crippen LogP contribution in [0, 0.1) is 11.3 Å². The van der Waals surface area contributed by atoms with Crippen LogP contribution in [0.3, 0.4) is 0 Å². The molecule has 9 nitrogen and oxygen atoms in total. The number of rotatable bonds is 9. The maximum atomic E-state index is 12.2. The average molecular weight is 431 g/mol. The zero-order valence-corrected chi connectivity index (χ0v) is 18.1. The Kier molecular flexibility index (Phi) is 9.62. The number of para-hydroxylation sites is 1. The predicted molar refractivity (Wildman–Crippen MR) is 113 cm³/mol. The van der Waals surface area contributed by atoms with Crippen LogP contribution < -0.4 is 15.4 Å². The maximum absolute atomic E-state index is 12.2. The molecule has 1 aliphatic heterocycles. The van der Waals surface area contributed by atoms with E-state index in [1.54, 1.807) is 43.0 Å². The van der Waals surface area contributed by atoms with Crippen LogP contribution in [-0.2, 0) is 14.3 Å². The minimum absolute atomic E-state index is 0.0430. The van der Waals surface area contributed by atoms with Crippen molar-refractivity contribution in [2.75, 3.05) is 26.2 Å². The van der Waals surface area contributed by atoms with Crippen molar-refractivity contribution in [3.05, 3.63) is 29.8 Å². The highest BCUT2D eigenvalue weighted by molar-refractivity contribution is 5.81. The highest BCUT2D eigenvalue weighted by atomic mass is 16.6. The van der Waals surface area contributed by atoms with Gasteiger partial charge in [0.25, 0.3) is 5.91 Å². The molecular weight excluding hydrogens is 400 g/mol. The number of carbonyl (C=O) groups excluding carboxylic acids is 3. The second-order valence-electron chi connectivity index (χ2n) is 7.29. The van der Waals surface area contributed by atoms with Gasteiger partial charge in [0.05, 0.1) is 12.2 Å². The molecule has 1 atom stereocenters. The fraction of sp³-hybridized carbons (Fsp3) is 0.545.